The van der Waals surface area contributed by atoms with Crippen molar-refractivity contribution in [3.8, 4) is 0 Å². The molecule has 0 aromatic carbocycles. The molecule has 4 rings (SSSR count). The van der Waals surface area contributed by atoms with Gasteiger partial charge < -0.3 is 19.6 Å². The van der Waals surface area contributed by atoms with Crippen molar-refractivity contribution in [2.75, 3.05) is 7.11 Å². The number of aliphatic hydroxyl groups is 1. The highest BCUT2D eigenvalue weighted by Gasteiger charge is 2.40. The van der Waals surface area contributed by atoms with Crippen LogP contribution in [0.15, 0.2) is 34.5 Å². The Labute approximate surface area is 164 Å². The number of carbonyl (C=O) groups excluding carboxylic acids is 1. The average molecular weight is 388 g/mol. The second-order valence-corrected chi connectivity index (χ2v) is 8.33. The van der Waals surface area contributed by atoms with E-state index < -0.39 is 6.10 Å². The average Bonchev–Trinajstić information content (AvgIpc) is 3.38. The van der Waals surface area contributed by atoms with Crippen LogP contribution in [0.5, 0.6) is 0 Å². The molecule has 0 radical (unpaired) electrons. The van der Waals surface area contributed by atoms with Crippen molar-refractivity contribution in [1.29, 1.82) is 0 Å². The summed E-state index contributed by atoms with van der Waals surface area (Å²) < 4.78 is 11.1. The van der Waals surface area contributed by atoms with E-state index in [2.05, 4.69) is 5.32 Å². The maximum atomic E-state index is 12.5. The number of thiocarbonyl (C=S) groups is 1. The molecule has 27 heavy (non-hydrogen) atoms. The lowest BCUT2D eigenvalue weighted by molar-refractivity contribution is -0.115. The van der Waals surface area contributed by atoms with Crippen LogP contribution < -0.4 is 5.32 Å². The zero-order valence-electron chi connectivity index (χ0n) is 15.4. The third-order valence-corrected chi connectivity index (χ3v) is 6.29. The molecule has 4 atom stereocenters. The number of carbonyl (C=O) groups is 1. The van der Waals surface area contributed by atoms with Gasteiger partial charge in [-0.05, 0) is 55.4 Å². The Morgan fingerprint density at radius 1 is 1.37 bits per heavy atom. The van der Waals surface area contributed by atoms with Crippen LogP contribution in [0.3, 0.4) is 0 Å². The van der Waals surface area contributed by atoms with Gasteiger partial charge in [-0.15, -0.1) is 0 Å². The zero-order valence-corrected chi connectivity index (χ0v) is 16.3. The van der Waals surface area contributed by atoms with Crippen LogP contribution in [0.2, 0.25) is 0 Å². The Bertz CT molecular complexity index is 809. The van der Waals surface area contributed by atoms with Gasteiger partial charge in [0.25, 0.3) is 5.91 Å². The van der Waals surface area contributed by atoms with Gasteiger partial charge >= 0.3 is 0 Å². The number of amides is 1. The molecule has 0 spiro atoms. The Kier molecular flexibility index (Phi) is 5.19. The summed E-state index contributed by atoms with van der Waals surface area (Å²) in [6, 6.07) is 3.97. The van der Waals surface area contributed by atoms with Crippen molar-refractivity contribution in [3.63, 3.8) is 0 Å². The fourth-order valence-corrected chi connectivity index (χ4v) is 4.81. The number of allylic oxidation sites excluding steroid dienone is 1. The standard InChI is InChI=1S/C21H25NO4S/c1-25-17-9-14(8-15(23)10-17)19-5-4-16(26-19)11-20(27)21(24)22-18-7-12-2-3-13(18)6-12/h4-5,9-10,12-13,15,18,23H,2-3,6-8,11H2,1H3,(H,22,24). The molecule has 1 aromatic heterocycles. The summed E-state index contributed by atoms with van der Waals surface area (Å²) in [6.07, 6.45) is 8.58. The van der Waals surface area contributed by atoms with E-state index in [1.165, 1.54) is 19.3 Å². The van der Waals surface area contributed by atoms with Crippen LogP contribution in [0.1, 0.15) is 43.6 Å². The van der Waals surface area contributed by atoms with E-state index in [1.54, 1.807) is 13.2 Å². The van der Waals surface area contributed by atoms with Gasteiger partial charge in [0.2, 0.25) is 0 Å². The monoisotopic (exact) mass is 387 g/mol. The Balaban J connectivity index is 1.36. The first kappa shape index (κ1) is 18.4. The Morgan fingerprint density at radius 2 is 2.22 bits per heavy atom. The summed E-state index contributed by atoms with van der Waals surface area (Å²) in [6.45, 7) is 0. The number of furan rings is 1. The summed E-state index contributed by atoms with van der Waals surface area (Å²) in [5.41, 5.74) is 0.866. The predicted octanol–water partition coefficient (Wildman–Crippen LogP) is 3.18. The van der Waals surface area contributed by atoms with E-state index in [4.69, 9.17) is 21.4 Å². The number of hydrogen-bond donors (Lipinski definition) is 2. The normalized spacial score (nSPS) is 29.3. The number of fused-ring (bicyclic) bond motifs is 2. The number of hydrogen-bond acceptors (Lipinski definition) is 5. The number of ether oxygens (including phenoxy) is 1. The molecule has 1 heterocycles. The molecular formula is C21H25NO4S. The summed E-state index contributed by atoms with van der Waals surface area (Å²) in [7, 11) is 1.57. The number of nitrogens with one attached hydrogen (secondary N) is 1. The van der Waals surface area contributed by atoms with Gasteiger partial charge in [-0.2, -0.15) is 0 Å². The molecule has 3 aliphatic rings. The summed E-state index contributed by atoms with van der Waals surface area (Å²) >= 11 is 5.35. The molecule has 3 aliphatic carbocycles. The van der Waals surface area contributed by atoms with Crippen molar-refractivity contribution < 1.29 is 19.1 Å². The van der Waals surface area contributed by atoms with E-state index in [0.29, 0.717) is 40.9 Å². The first-order chi connectivity index (χ1) is 13.0. The van der Waals surface area contributed by atoms with Crippen molar-refractivity contribution in [1.82, 2.24) is 5.32 Å². The van der Waals surface area contributed by atoms with Gasteiger partial charge in [-0.3, -0.25) is 4.79 Å². The minimum Gasteiger partial charge on any atom is -0.497 e. The summed E-state index contributed by atoms with van der Waals surface area (Å²) in [5.74, 6) is 3.21. The number of aliphatic hydroxyl groups excluding tert-OH is 1. The topological polar surface area (TPSA) is 71.7 Å². The molecule has 2 saturated carbocycles. The van der Waals surface area contributed by atoms with Crippen LogP contribution in [0, 0.1) is 11.8 Å². The smallest absolute Gasteiger partial charge is 0.258 e. The molecule has 2 fully saturated rings. The lowest BCUT2D eigenvalue weighted by Gasteiger charge is -2.22. The van der Waals surface area contributed by atoms with E-state index in [0.717, 1.165) is 17.9 Å². The van der Waals surface area contributed by atoms with Crippen molar-refractivity contribution in [3.05, 3.63) is 41.6 Å². The SMILES string of the molecule is COC1=CC(O)CC(c2ccc(CC(=S)C(=O)NC3CC4CCC3C4)o2)=C1. The van der Waals surface area contributed by atoms with E-state index in [9.17, 15) is 9.90 Å². The quantitative estimate of drug-likeness (QED) is 0.734. The van der Waals surface area contributed by atoms with Crippen LogP contribution in [0.4, 0.5) is 0 Å². The first-order valence-corrected chi connectivity index (χ1v) is 10.00. The van der Waals surface area contributed by atoms with Crippen LogP contribution >= 0.6 is 12.2 Å². The molecule has 4 unspecified atom stereocenters. The van der Waals surface area contributed by atoms with E-state index in [1.807, 2.05) is 18.2 Å². The lowest BCUT2D eigenvalue weighted by Crippen LogP contribution is -2.42. The fourth-order valence-electron chi connectivity index (χ4n) is 4.61. The molecule has 2 bridgehead atoms. The molecule has 0 saturated heterocycles. The zero-order chi connectivity index (χ0) is 19.0. The predicted molar refractivity (Wildman–Crippen MR) is 106 cm³/mol. The number of methoxy groups -OCH3 is 1. The maximum Gasteiger partial charge on any atom is 0.258 e. The largest absolute Gasteiger partial charge is 0.497 e. The second kappa shape index (κ2) is 7.60. The molecule has 1 aromatic rings. The highest BCUT2D eigenvalue weighted by molar-refractivity contribution is 7.82. The van der Waals surface area contributed by atoms with Gasteiger partial charge in [0.15, 0.2) is 0 Å². The molecule has 0 aliphatic heterocycles. The minimum absolute atomic E-state index is 0.141. The number of rotatable bonds is 6. The van der Waals surface area contributed by atoms with Crippen molar-refractivity contribution in [2.24, 2.45) is 11.8 Å². The molecule has 144 valence electrons. The van der Waals surface area contributed by atoms with Gasteiger partial charge in [0.05, 0.1) is 18.1 Å². The second-order valence-electron chi connectivity index (χ2n) is 7.83. The summed E-state index contributed by atoms with van der Waals surface area (Å²) in [5, 5.41) is 13.1. The van der Waals surface area contributed by atoms with Crippen LogP contribution in [-0.2, 0) is 16.0 Å². The summed E-state index contributed by atoms with van der Waals surface area (Å²) in [4.78, 5) is 12.8. The maximum absolute atomic E-state index is 12.5. The van der Waals surface area contributed by atoms with Crippen molar-refractivity contribution >= 4 is 28.6 Å². The Hall–Kier alpha value is -1.92. The highest BCUT2D eigenvalue weighted by Crippen LogP contribution is 2.44. The van der Waals surface area contributed by atoms with Crippen molar-refractivity contribution in [2.45, 2.75) is 50.7 Å². The van der Waals surface area contributed by atoms with Gasteiger partial charge in [0.1, 0.15) is 17.3 Å². The van der Waals surface area contributed by atoms with E-state index >= 15 is 0 Å². The third kappa shape index (κ3) is 4.01. The molecule has 2 N–H and O–H groups in total. The van der Waals surface area contributed by atoms with Crippen LogP contribution in [0.25, 0.3) is 5.57 Å². The first-order valence-electron chi connectivity index (χ1n) is 9.59. The molecule has 6 heteroatoms. The highest BCUT2D eigenvalue weighted by atomic mass is 32.1. The minimum atomic E-state index is -0.595. The van der Waals surface area contributed by atoms with Crippen LogP contribution in [-0.4, -0.2) is 35.1 Å². The molecular weight excluding hydrogens is 362 g/mol. The van der Waals surface area contributed by atoms with Gasteiger partial charge in [-0.25, -0.2) is 0 Å². The van der Waals surface area contributed by atoms with Gasteiger partial charge in [-0.1, -0.05) is 18.6 Å². The fraction of sp³-hybridized carbons (Fsp3) is 0.524. The van der Waals surface area contributed by atoms with Gasteiger partial charge in [0, 0.05) is 24.5 Å². The Morgan fingerprint density at radius 3 is 2.93 bits per heavy atom. The lowest BCUT2D eigenvalue weighted by atomic mass is 9.95. The third-order valence-electron chi connectivity index (χ3n) is 5.96. The molecule has 5 nitrogen and oxygen atoms in total. The van der Waals surface area contributed by atoms with E-state index in [-0.39, 0.29) is 11.9 Å². The molecule has 1 amide bonds.